The van der Waals surface area contributed by atoms with Gasteiger partial charge in [-0.05, 0) is 27.2 Å². The number of hydrogen-bond donors (Lipinski definition) is 2. The molecule has 3 rings (SSSR count). The molecule has 4 atom stereocenters. The number of nitrogens with two attached hydrogens (primary N) is 1. The molecule has 3 unspecified atom stereocenters. The number of rotatable bonds is 1. The smallest absolute Gasteiger partial charge is 0.168 e. The molecule has 17 heavy (non-hydrogen) atoms. The highest BCUT2D eigenvalue weighted by atomic mass is 16.8. The fourth-order valence-corrected chi connectivity index (χ4v) is 3.84. The summed E-state index contributed by atoms with van der Waals surface area (Å²) in [6.45, 7) is 6.11. The van der Waals surface area contributed by atoms with Crippen LogP contribution in [0.1, 0.15) is 40.0 Å². The van der Waals surface area contributed by atoms with Crippen molar-refractivity contribution in [1.29, 1.82) is 0 Å². The third-order valence-corrected chi connectivity index (χ3v) is 4.48. The van der Waals surface area contributed by atoms with Gasteiger partial charge in [0.25, 0.3) is 0 Å². The molecule has 0 aromatic rings. The molecule has 0 amide bonds. The molecule has 98 valence electrons. The van der Waals surface area contributed by atoms with Crippen LogP contribution in [0.3, 0.4) is 0 Å². The molecule has 1 spiro atoms. The monoisotopic (exact) mass is 243 g/mol. The van der Waals surface area contributed by atoms with Gasteiger partial charge in [0.05, 0.1) is 0 Å². The maximum Gasteiger partial charge on any atom is 0.168 e. The van der Waals surface area contributed by atoms with E-state index in [2.05, 4.69) is 0 Å². The summed E-state index contributed by atoms with van der Waals surface area (Å²) in [5, 5.41) is 10.3. The quantitative estimate of drug-likeness (QED) is 0.701. The largest absolute Gasteiger partial charge is 0.365 e. The van der Waals surface area contributed by atoms with Gasteiger partial charge in [0.15, 0.2) is 11.6 Å². The van der Waals surface area contributed by atoms with Crippen molar-refractivity contribution in [2.75, 3.05) is 6.54 Å². The van der Waals surface area contributed by atoms with E-state index >= 15 is 0 Å². The topological polar surface area (TPSA) is 73.9 Å². The Kier molecular flexibility index (Phi) is 2.11. The zero-order chi connectivity index (χ0) is 12.5. The van der Waals surface area contributed by atoms with Crippen LogP contribution in [0.5, 0.6) is 0 Å². The average molecular weight is 243 g/mol. The molecular formula is C12H21NO4. The Hall–Kier alpha value is -0.200. The molecule has 5 nitrogen and oxygen atoms in total. The molecule has 0 aromatic heterocycles. The van der Waals surface area contributed by atoms with Crippen LogP contribution in [-0.4, -0.2) is 40.5 Å². The third-order valence-electron chi connectivity index (χ3n) is 4.48. The Balaban J connectivity index is 2.06. The molecule has 2 saturated heterocycles. The first-order chi connectivity index (χ1) is 7.74. The number of hydrogen-bond acceptors (Lipinski definition) is 5. The predicted octanol–water partition coefficient (Wildman–Crippen LogP) is 0.497. The minimum absolute atomic E-state index is 0.319. The highest BCUT2D eigenvalue weighted by Gasteiger charge is 2.73. The van der Waals surface area contributed by atoms with Gasteiger partial charge < -0.3 is 25.1 Å². The van der Waals surface area contributed by atoms with Crippen molar-refractivity contribution < 1.29 is 19.3 Å². The van der Waals surface area contributed by atoms with Gasteiger partial charge in [-0.25, -0.2) is 0 Å². The Bertz CT molecular complexity index is 348. The van der Waals surface area contributed by atoms with Crippen LogP contribution in [0.2, 0.25) is 0 Å². The molecule has 0 radical (unpaired) electrons. The van der Waals surface area contributed by atoms with Crippen LogP contribution >= 0.6 is 0 Å². The van der Waals surface area contributed by atoms with Crippen molar-refractivity contribution in [2.24, 2.45) is 5.73 Å². The molecule has 5 heteroatoms. The summed E-state index contributed by atoms with van der Waals surface area (Å²) >= 11 is 0. The van der Waals surface area contributed by atoms with Gasteiger partial charge in [-0.15, -0.1) is 0 Å². The van der Waals surface area contributed by atoms with Crippen molar-refractivity contribution in [3.8, 4) is 0 Å². The summed E-state index contributed by atoms with van der Waals surface area (Å²) in [6, 6.07) is 0. The van der Waals surface area contributed by atoms with E-state index in [9.17, 15) is 5.11 Å². The minimum atomic E-state index is -1.09. The van der Waals surface area contributed by atoms with Gasteiger partial charge >= 0.3 is 0 Å². The standard InChI is InChI=1S/C12H21NO4/c1-9(2)16-10(3)8(6-13)15-12(14)5-4-11(10,7-12)17-9/h8,14H,4-7,13H2,1-3H3/t8?,10?,11?,12-/m0/s1. The maximum absolute atomic E-state index is 10.3. The van der Waals surface area contributed by atoms with Gasteiger partial charge in [0, 0.05) is 19.4 Å². The average Bonchev–Trinajstić information content (AvgIpc) is 2.59. The second-order valence-electron chi connectivity index (χ2n) is 6.17. The third kappa shape index (κ3) is 1.37. The lowest BCUT2D eigenvalue weighted by molar-refractivity contribution is -0.296. The lowest BCUT2D eigenvalue weighted by atomic mass is 9.77. The second kappa shape index (κ2) is 3.03. The Morgan fingerprint density at radius 1 is 1.24 bits per heavy atom. The molecule has 3 N–H and O–H groups in total. The first kappa shape index (κ1) is 11.9. The summed E-state index contributed by atoms with van der Waals surface area (Å²) < 4.78 is 17.9. The molecule has 0 aromatic carbocycles. The molecule has 1 saturated carbocycles. The fraction of sp³-hybridized carbons (Fsp3) is 1.00. The van der Waals surface area contributed by atoms with Crippen LogP contribution in [0.25, 0.3) is 0 Å². The maximum atomic E-state index is 10.3. The van der Waals surface area contributed by atoms with Crippen molar-refractivity contribution >= 4 is 0 Å². The molecule has 3 aliphatic rings. The van der Waals surface area contributed by atoms with Crippen molar-refractivity contribution in [3.63, 3.8) is 0 Å². The lowest BCUT2D eigenvalue weighted by Gasteiger charge is -2.48. The number of ether oxygens (including phenoxy) is 3. The van der Waals surface area contributed by atoms with Crippen LogP contribution in [0, 0.1) is 0 Å². The zero-order valence-corrected chi connectivity index (χ0v) is 10.7. The van der Waals surface area contributed by atoms with Gasteiger partial charge in [-0.3, -0.25) is 0 Å². The van der Waals surface area contributed by atoms with Crippen molar-refractivity contribution in [3.05, 3.63) is 0 Å². The van der Waals surface area contributed by atoms with E-state index in [0.29, 0.717) is 19.4 Å². The normalized spacial score (nSPS) is 55.9. The zero-order valence-electron chi connectivity index (χ0n) is 10.7. The first-order valence-corrected chi connectivity index (χ1v) is 6.25. The van der Waals surface area contributed by atoms with Crippen molar-refractivity contribution in [2.45, 2.75) is 68.9 Å². The van der Waals surface area contributed by atoms with E-state index in [1.807, 2.05) is 20.8 Å². The van der Waals surface area contributed by atoms with E-state index < -0.39 is 22.8 Å². The Morgan fingerprint density at radius 2 is 1.94 bits per heavy atom. The molecular weight excluding hydrogens is 222 g/mol. The number of fused-ring (bicyclic) bond motifs is 1. The molecule has 1 aliphatic carbocycles. The second-order valence-corrected chi connectivity index (χ2v) is 6.17. The highest BCUT2D eigenvalue weighted by Crippen LogP contribution is 2.60. The van der Waals surface area contributed by atoms with Crippen LogP contribution < -0.4 is 5.73 Å². The minimum Gasteiger partial charge on any atom is -0.365 e. The molecule has 2 heterocycles. The van der Waals surface area contributed by atoms with Gasteiger partial charge in [0.2, 0.25) is 0 Å². The van der Waals surface area contributed by atoms with Crippen LogP contribution in [0.4, 0.5) is 0 Å². The summed E-state index contributed by atoms with van der Waals surface area (Å²) in [6.07, 6.45) is 1.47. The fourth-order valence-electron chi connectivity index (χ4n) is 3.84. The Labute approximate surface area is 101 Å². The summed E-state index contributed by atoms with van der Waals surface area (Å²) in [5.41, 5.74) is 4.73. The van der Waals surface area contributed by atoms with Gasteiger partial charge in [-0.2, -0.15) is 0 Å². The predicted molar refractivity (Wildman–Crippen MR) is 60.1 cm³/mol. The summed E-state index contributed by atoms with van der Waals surface area (Å²) in [7, 11) is 0. The van der Waals surface area contributed by atoms with Crippen molar-refractivity contribution in [1.82, 2.24) is 0 Å². The van der Waals surface area contributed by atoms with Crippen LogP contribution in [-0.2, 0) is 14.2 Å². The SMILES string of the molecule is CC1(C)OC23CC[C@@](O)(C2)OC(CN)C3(C)O1. The van der Waals surface area contributed by atoms with Gasteiger partial charge in [0.1, 0.15) is 17.3 Å². The summed E-state index contributed by atoms with van der Waals surface area (Å²) in [4.78, 5) is 0. The first-order valence-electron chi connectivity index (χ1n) is 6.25. The van der Waals surface area contributed by atoms with E-state index in [1.54, 1.807) is 0 Å². The van der Waals surface area contributed by atoms with E-state index in [-0.39, 0.29) is 6.10 Å². The van der Waals surface area contributed by atoms with Gasteiger partial charge in [-0.1, -0.05) is 0 Å². The van der Waals surface area contributed by atoms with E-state index in [0.717, 1.165) is 6.42 Å². The lowest BCUT2D eigenvalue weighted by Crippen LogP contribution is -2.64. The molecule has 3 fully saturated rings. The summed E-state index contributed by atoms with van der Waals surface area (Å²) in [5.74, 6) is -1.74. The van der Waals surface area contributed by atoms with E-state index in [4.69, 9.17) is 19.9 Å². The Morgan fingerprint density at radius 3 is 2.59 bits per heavy atom. The molecule has 2 aliphatic heterocycles. The number of aliphatic hydroxyl groups is 1. The molecule has 2 bridgehead atoms. The highest BCUT2D eigenvalue weighted by molar-refractivity contribution is 5.18. The van der Waals surface area contributed by atoms with E-state index in [1.165, 1.54) is 0 Å². The van der Waals surface area contributed by atoms with Crippen LogP contribution in [0.15, 0.2) is 0 Å².